The van der Waals surface area contributed by atoms with Crippen molar-refractivity contribution in [3.05, 3.63) is 83.9 Å². The smallest absolute Gasteiger partial charge is 0.328 e. The van der Waals surface area contributed by atoms with E-state index in [4.69, 9.17) is 4.74 Å². The lowest BCUT2D eigenvalue weighted by Crippen LogP contribution is -2.52. The molecule has 0 radical (unpaired) electrons. The molecule has 0 saturated carbocycles. The number of nitrogens with zero attached hydrogens (tertiary/aromatic N) is 2. The first-order valence-corrected chi connectivity index (χ1v) is 17.2. The molecule has 3 atom stereocenters. The van der Waals surface area contributed by atoms with E-state index in [1.54, 1.807) is 11.8 Å². The standard InChI is InChI=1S/C36H48N4O5S/c1-6-26(2)33(38-35(43)25-40(27(3)41)21-28-13-8-7-9-14-28)23-39(22-30-17-12-16-29-15-10-11-18-31(29)30)24-34(42)37-32(19-20-46-5)36(44)45-4/h7-18,26,32-33H,6,19-25H2,1-5H3,(H,37,42)(H,38,43)/t26-,32-,33+/m0/s1. The molecule has 0 bridgehead atoms. The minimum absolute atomic E-state index is 0.0202. The Hall–Kier alpha value is -3.89. The molecule has 0 aromatic heterocycles. The summed E-state index contributed by atoms with van der Waals surface area (Å²) in [5.74, 6) is -0.423. The summed E-state index contributed by atoms with van der Waals surface area (Å²) >= 11 is 1.59. The van der Waals surface area contributed by atoms with Crippen molar-refractivity contribution in [3.63, 3.8) is 0 Å². The van der Waals surface area contributed by atoms with Gasteiger partial charge in [-0.05, 0) is 46.2 Å². The lowest BCUT2D eigenvalue weighted by Gasteiger charge is -2.32. The van der Waals surface area contributed by atoms with E-state index < -0.39 is 12.0 Å². The Labute approximate surface area is 277 Å². The van der Waals surface area contributed by atoms with Gasteiger partial charge in [0.25, 0.3) is 0 Å². The van der Waals surface area contributed by atoms with Gasteiger partial charge < -0.3 is 20.3 Å². The molecule has 0 aliphatic rings. The van der Waals surface area contributed by atoms with E-state index >= 15 is 0 Å². The number of hydrogen-bond acceptors (Lipinski definition) is 7. The number of methoxy groups -OCH3 is 1. The van der Waals surface area contributed by atoms with Crippen LogP contribution < -0.4 is 10.6 Å². The minimum Gasteiger partial charge on any atom is -0.467 e. The Kier molecular flexibility index (Phi) is 15.1. The maximum absolute atomic E-state index is 13.4. The van der Waals surface area contributed by atoms with Gasteiger partial charge in [-0.3, -0.25) is 19.3 Å². The maximum atomic E-state index is 13.4. The minimum atomic E-state index is -0.739. The molecule has 2 N–H and O–H groups in total. The molecule has 0 aliphatic carbocycles. The van der Waals surface area contributed by atoms with Crippen LogP contribution in [0.3, 0.4) is 0 Å². The van der Waals surface area contributed by atoms with E-state index in [1.807, 2.05) is 65.8 Å². The molecule has 0 saturated heterocycles. The van der Waals surface area contributed by atoms with E-state index in [0.717, 1.165) is 28.3 Å². The summed E-state index contributed by atoms with van der Waals surface area (Å²) < 4.78 is 4.95. The van der Waals surface area contributed by atoms with Gasteiger partial charge >= 0.3 is 5.97 Å². The average Bonchev–Trinajstić information content (AvgIpc) is 3.05. The zero-order valence-corrected chi connectivity index (χ0v) is 28.5. The van der Waals surface area contributed by atoms with Crippen molar-refractivity contribution in [2.75, 3.05) is 38.8 Å². The number of fused-ring (bicyclic) bond motifs is 1. The molecule has 0 aliphatic heterocycles. The Bertz CT molecular complexity index is 1430. The van der Waals surface area contributed by atoms with Gasteiger partial charge in [0.2, 0.25) is 17.7 Å². The van der Waals surface area contributed by atoms with Crippen LogP contribution in [0, 0.1) is 5.92 Å². The van der Waals surface area contributed by atoms with Crippen molar-refractivity contribution in [3.8, 4) is 0 Å². The van der Waals surface area contributed by atoms with Crippen LogP contribution in [0.15, 0.2) is 72.8 Å². The third-order valence-corrected chi connectivity index (χ3v) is 8.84. The van der Waals surface area contributed by atoms with E-state index in [9.17, 15) is 19.2 Å². The van der Waals surface area contributed by atoms with E-state index in [2.05, 4.69) is 42.7 Å². The van der Waals surface area contributed by atoms with Crippen molar-refractivity contribution < 1.29 is 23.9 Å². The second kappa shape index (κ2) is 18.9. The average molecular weight is 649 g/mol. The number of hydrogen-bond donors (Lipinski definition) is 2. The van der Waals surface area contributed by atoms with Gasteiger partial charge in [0.15, 0.2) is 0 Å². The Morgan fingerprint density at radius 3 is 2.22 bits per heavy atom. The summed E-state index contributed by atoms with van der Waals surface area (Å²) in [6.07, 6.45) is 3.21. The van der Waals surface area contributed by atoms with Crippen molar-refractivity contribution in [2.45, 2.75) is 58.8 Å². The SMILES string of the molecule is CC[C@H](C)[C@@H](CN(CC(=O)N[C@@H](CCSC)C(=O)OC)Cc1cccc2ccccc12)NC(=O)CN(Cc1ccccc1)C(C)=O. The molecular weight excluding hydrogens is 600 g/mol. The molecule has 46 heavy (non-hydrogen) atoms. The molecular formula is C36H48N4O5S. The fourth-order valence-corrected chi connectivity index (χ4v) is 5.84. The quantitative estimate of drug-likeness (QED) is 0.194. The lowest BCUT2D eigenvalue weighted by molar-refractivity contribution is -0.145. The van der Waals surface area contributed by atoms with Crippen LogP contribution in [0.5, 0.6) is 0 Å². The number of ether oxygens (including phenoxy) is 1. The van der Waals surface area contributed by atoms with E-state index in [0.29, 0.717) is 31.8 Å². The molecule has 0 spiro atoms. The normalized spacial score (nSPS) is 13.1. The molecule has 3 aromatic carbocycles. The van der Waals surface area contributed by atoms with E-state index in [-0.39, 0.29) is 42.8 Å². The summed E-state index contributed by atoms with van der Waals surface area (Å²) in [6.45, 7) is 6.74. The number of benzene rings is 3. The third kappa shape index (κ3) is 11.5. The zero-order valence-electron chi connectivity index (χ0n) is 27.7. The molecule has 0 fully saturated rings. The maximum Gasteiger partial charge on any atom is 0.328 e. The molecule has 0 heterocycles. The predicted molar refractivity (Wildman–Crippen MR) is 185 cm³/mol. The topological polar surface area (TPSA) is 108 Å². The molecule has 3 amide bonds. The Balaban J connectivity index is 1.83. The van der Waals surface area contributed by atoms with Crippen LogP contribution in [0.1, 0.15) is 44.7 Å². The van der Waals surface area contributed by atoms with Crippen molar-refractivity contribution >= 4 is 46.2 Å². The number of thioether (sulfide) groups is 1. The third-order valence-electron chi connectivity index (χ3n) is 8.20. The molecule has 3 aromatic rings. The highest BCUT2D eigenvalue weighted by molar-refractivity contribution is 7.98. The van der Waals surface area contributed by atoms with Gasteiger partial charge in [-0.15, -0.1) is 0 Å². The zero-order chi connectivity index (χ0) is 33.5. The number of esters is 1. The molecule has 248 valence electrons. The fraction of sp³-hybridized carbons (Fsp3) is 0.444. The summed E-state index contributed by atoms with van der Waals surface area (Å²) in [5, 5.41) is 8.24. The number of nitrogens with one attached hydrogen (secondary N) is 2. The molecule has 0 unspecified atom stereocenters. The largest absolute Gasteiger partial charge is 0.467 e. The van der Waals surface area contributed by atoms with Crippen LogP contribution in [-0.4, -0.2) is 84.3 Å². The van der Waals surface area contributed by atoms with Crippen LogP contribution in [0.4, 0.5) is 0 Å². The van der Waals surface area contributed by atoms with Gasteiger partial charge in [-0.1, -0.05) is 93.1 Å². The number of amides is 3. The predicted octanol–water partition coefficient (Wildman–Crippen LogP) is 4.63. The Morgan fingerprint density at radius 1 is 0.870 bits per heavy atom. The van der Waals surface area contributed by atoms with E-state index in [1.165, 1.54) is 18.9 Å². The lowest BCUT2D eigenvalue weighted by atomic mass is 9.97. The van der Waals surface area contributed by atoms with Crippen molar-refractivity contribution in [1.29, 1.82) is 0 Å². The number of carbonyl (C=O) groups is 4. The Morgan fingerprint density at radius 2 is 1.54 bits per heavy atom. The number of carbonyl (C=O) groups excluding carboxylic acids is 4. The fourth-order valence-electron chi connectivity index (χ4n) is 5.36. The van der Waals surface area contributed by atoms with Crippen molar-refractivity contribution in [2.24, 2.45) is 5.92 Å². The summed E-state index contributed by atoms with van der Waals surface area (Å²) in [6, 6.07) is 22.8. The van der Waals surface area contributed by atoms with Gasteiger partial charge in [-0.2, -0.15) is 11.8 Å². The first-order valence-electron chi connectivity index (χ1n) is 15.8. The summed E-state index contributed by atoms with van der Waals surface area (Å²) in [7, 11) is 1.32. The highest BCUT2D eigenvalue weighted by Gasteiger charge is 2.27. The highest BCUT2D eigenvalue weighted by Crippen LogP contribution is 2.21. The summed E-state index contributed by atoms with van der Waals surface area (Å²) in [5.41, 5.74) is 2.00. The van der Waals surface area contributed by atoms with Gasteiger partial charge in [0.05, 0.1) is 20.2 Å². The van der Waals surface area contributed by atoms with Crippen LogP contribution in [-0.2, 0) is 37.0 Å². The van der Waals surface area contributed by atoms with Gasteiger partial charge in [-0.25, -0.2) is 4.79 Å². The highest BCUT2D eigenvalue weighted by atomic mass is 32.2. The first-order chi connectivity index (χ1) is 22.1. The van der Waals surface area contributed by atoms with Gasteiger partial charge in [0.1, 0.15) is 6.04 Å². The summed E-state index contributed by atoms with van der Waals surface area (Å²) in [4.78, 5) is 55.3. The van der Waals surface area contributed by atoms with Crippen LogP contribution in [0.25, 0.3) is 10.8 Å². The second-order valence-corrected chi connectivity index (χ2v) is 12.6. The molecule has 3 rings (SSSR count). The first kappa shape index (κ1) is 36.6. The number of rotatable bonds is 18. The second-order valence-electron chi connectivity index (χ2n) is 11.7. The molecule has 10 heteroatoms. The monoisotopic (exact) mass is 648 g/mol. The van der Waals surface area contributed by atoms with Gasteiger partial charge in [0, 0.05) is 32.6 Å². The molecule has 9 nitrogen and oxygen atoms in total. The van der Waals surface area contributed by atoms with Crippen LogP contribution >= 0.6 is 11.8 Å². The van der Waals surface area contributed by atoms with Crippen LogP contribution in [0.2, 0.25) is 0 Å². The van der Waals surface area contributed by atoms with Crippen molar-refractivity contribution in [1.82, 2.24) is 20.4 Å².